The first kappa shape index (κ1) is 35.0. The van der Waals surface area contributed by atoms with Gasteiger partial charge < -0.3 is 19.7 Å². The highest BCUT2D eigenvalue weighted by molar-refractivity contribution is 7.92. The Bertz CT molecular complexity index is 1730. The molecule has 0 fully saturated rings. The summed E-state index contributed by atoms with van der Waals surface area (Å²) in [6.45, 7) is 5.87. The largest absolute Gasteiger partial charge is 0.497 e. The molecule has 4 aromatic carbocycles. The van der Waals surface area contributed by atoms with Gasteiger partial charge in [-0.2, -0.15) is 0 Å². The van der Waals surface area contributed by atoms with E-state index in [9.17, 15) is 18.0 Å². The maximum atomic E-state index is 14.7. The number of amides is 2. The van der Waals surface area contributed by atoms with E-state index in [2.05, 4.69) is 5.32 Å². The Morgan fingerprint density at radius 2 is 1.45 bits per heavy atom. The highest BCUT2D eigenvalue weighted by Gasteiger charge is 2.35. The van der Waals surface area contributed by atoms with Crippen molar-refractivity contribution in [1.29, 1.82) is 0 Å². The van der Waals surface area contributed by atoms with E-state index >= 15 is 0 Å². The molecular formula is C37H43N3O6S. The van der Waals surface area contributed by atoms with E-state index in [1.165, 1.54) is 37.3 Å². The number of nitrogens with zero attached hydrogens (tertiary/aromatic N) is 2. The van der Waals surface area contributed by atoms with Gasteiger partial charge in [0.05, 0.1) is 24.8 Å². The van der Waals surface area contributed by atoms with Crippen LogP contribution in [0.4, 0.5) is 5.69 Å². The zero-order valence-corrected chi connectivity index (χ0v) is 28.4. The molecule has 1 N–H and O–H groups in total. The molecule has 0 aromatic heterocycles. The van der Waals surface area contributed by atoms with Gasteiger partial charge in [-0.25, -0.2) is 8.42 Å². The molecule has 2 amide bonds. The maximum absolute atomic E-state index is 14.7. The van der Waals surface area contributed by atoms with Gasteiger partial charge in [-0.1, -0.05) is 92.2 Å². The van der Waals surface area contributed by atoms with Crippen LogP contribution >= 0.6 is 0 Å². The number of hydrogen-bond donors (Lipinski definition) is 1. The fourth-order valence-electron chi connectivity index (χ4n) is 5.09. The summed E-state index contributed by atoms with van der Waals surface area (Å²) in [5, 5.41) is 3.01. The molecule has 0 spiro atoms. The Morgan fingerprint density at radius 3 is 2.04 bits per heavy atom. The fourth-order valence-corrected chi connectivity index (χ4v) is 6.53. The zero-order valence-electron chi connectivity index (χ0n) is 27.6. The number of carbonyl (C=O) groups excluding carboxylic acids is 2. The van der Waals surface area contributed by atoms with E-state index in [4.69, 9.17) is 9.47 Å². The summed E-state index contributed by atoms with van der Waals surface area (Å²) in [6, 6.07) is 28.9. The lowest BCUT2D eigenvalue weighted by atomic mass is 10.0. The Kier molecular flexibility index (Phi) is 12.0. The number of sulfonamides is 1. The lowest BCUT2D eigenvalue weighted by Crippen LogP contribution is -2.53. The summed E-state index contributed by atoms with van der Waals surface area (Å²) in [6.07, 6.45) is 0.232. The van der Waals surface area contributed by atoms with Gasteiger partial charge in [0, 0.05) is 25.6 Å². The lowest BCUT2D eigenvalue weighted by Gasteiger charge is -2.34. The molecule has 0 saturated heterocycles. The zero-order chi connectivity index (χ0) is 34.0. The first-order valence-corrected chi connectivity index (χ1v) is 16.9. The molecule has 1 atom stereocenters. The Balaban J connectivity index is 1.85. The van der Waals surface area contributed by atoms with Gasteiger partial charge in [-0.15, -0.1) is 0 Å². The second-order valence-electron chi connectivity index (χ2n) is 11.7. The van der Waals surface area contributed by atoms with E-state index < -0.39 is 28.5 Å². The van der Waals surface area contributed by atoms with Crippen molar-refractivity contribution in [1.82, 2.24) is 10.2 Å². The van der Waals surface area contributed by atoms with Crippen LogP contribution in [0, 0.1) is 12.8 Å². The number of aryl methyl sites for hydroxylation is 1. The quantitative estimate of drug-likeness (QED) is 0.178. The van der Waals surface area contributed by atoms with Crippen LogP contribution in [0.3, 0.4) is 0 Å². The molecule has 0 unspecified atom stereocenters. The number of hydrogen-bond acceptors (Lipinski definition) is 6. The van der Waals surface area contributed by atoms with Crippen LogP contribution in [0.5, 0.6) is 11.5 Å². The fraction of sp³-hybridized carbons (Fsp3) is 0.297. The molecule has 0 heterocycles. The van der Waals surface area contributed by atoms with E-state index in [-0.39, 0.29) is 41.1 Å². The number of rotatable bonds is 15. The van der Waals surface area contributed by atoms with Crippen LogP contribution in [0.1, 0.15) is 30.5 Å². The molecule has 10 heteroatoms. The van der Waals surface area contributed by atoms with Crippen molar-refractivity contribution < 1.29 is 27.5 Å². The summed E-state index contributed by atoms with van der Waals surface area (Å²) in [4.78, 5) is 30.1. The minimum Gasteiger partial charge on any atom is -0.497 e. The minimum absolute atomic E-state index is 0.00160. The SMILES string of the molecule is COc1ccc(OC)c(N(CC(=O)N(Cc2ccc(C)cc2)[C@@H](Cc2ccccc2)C(=O)NCC(C)C)S(=O)(=O)c2ccccc2)c1. The third kappa shape index (κ3) is 9.13. The molecule has 0 aliphatic heterocycles. The summed E-state index contributed by atoms with van der Waals surface area (Å²) in [5.74, 6) is -0.0774. The molecule has 4 aromatic rings. The first-order valence-electron chi connectivity index (χ1n) is 15.5. The monoisotopic (exact) mass is 657 g/mol. The van der Waals surface area contributed by atoms with Crippen LogP contribution in [0.2, 0.25) is 0 Å². The molecule has 248 valence electrons. The standard InChI is InChI=1S/C37H43N3O6S/c1-27(2)24-38-37(42)34(22-29-12-8-6-9-13-29)39(25-30-18-16-28(3)17-19-30)36(41)26-40(47(43,44)32-14-10-7-11-15-32)33-23-31(45-4)20-21-35(33)46-5/h6-21,23,27,34H,22,24-26H2,1-5H3,(H,38,42)/t34-/m0/s1. The van der Waals surface area contributed by atoms with Crippen molar-refractivity contribution in [3.05, 3.63) is 120 Å². The highest BCUT2D eigenvalue weighted by Crippen LogP contribution is 2.36. The minimum atomic E-state index is -4.30. The van der Waals surface area contributed by atoms with Gasteiger partial charge in [-0.3, -0.25) is 13.9 Å². The average molecular weight is 658 g/mol. The number of carbonyl (C=O) groups is 2. The van der Waals surface area contributed by atoms with Crippen molar-refractivity contribution in [2.45, 2.75) is 44.7 Å². The average Bonchev–Trinajstić information content (AvgIpc) is 3.08. The van der Waals surface area contributed by atoms with Crippen LogP contribution in [0.25, 0.3) is 0 Å². The molecule has 0 radical (unpaired) electrons. The molecule has 0 aliphatic rings. The third-order valence-electron chi connectivity index (χ3n) is 7.69. The second-order valence-corrected chi connectivity index (χ2v) is 13.6. The number of benzene rings is 4. The molecule has 0 bridgehead atoms. The third-order valence-corrected chi connectivity index (χ3v) is 9.47. The smallest absolute Gasteiger partial charge is 0.264 e. The predicted octanol–water partition coefficient (Wildman–Crippen LogP) is 5.62. The Labute approximate surface area is 278 Å². The van der Waals surface area contributed by atoms with Crippen LogP contribution < -0.4 is 19.1 Å². The predicted molar refractivity (Wildman–Crippen MR) is 184 cm³/mol. The van der Waals surface area contributed by atoms with Crippen molar-refractivity contribution >= 4 is 27.5 Å². The van der Waals surface area contributed by atoms with E-state index in [0.29, 0.717) is 12.3 Å². The van der Waals surface area contributed by atoms with Crippen molar-refractivity contribution in [2.24, 2.45) is 5.92 Å². The van der Waals surface area contributed by atoms with Gasteiger partial charge in [-0.05, 0) is 48.2 Å². The Hall–Kier alpha value is -4.83. The van der Waals surface area contributed by atoms with Gasteiger partial charge >= 0.3 is 0 Å². The number of methoxy groups -OCH3 is 2. The van der Waals surface area contributed by atoms with E-state index in [1.54, 1.807) is 30.3 Å². The summed E-state index contributed by atoms with van der Waals surface area (Å²) in [5.41, 5.74) is 2.84. The highest BCUT2D eigenvalue weighted by atomic mass is 32.2. The van der Waals surface area contributed by atoms with Gasteiger partial charge in [0.1, 0.15) is 24.1 Å². The van der Waals surface area contributed by atoms with Crippen molar-refractivity contribution in [3.63, 3.8) is 0 Å². The van der Waals surface area contributed by atoms with Crippen molar-refractivity contribution in [2.75, 3.05) is 31.6 Å². The molecule has 0 aliphatic carbocycles. The number of anilines is 1. The first-order chi connectivity index (χ1) is 22.5. The van der Waals surface area contributed by atoms with Crippen LogP contribution in [0.15, 0.2) is 108 Å². The second kappa shape index (κ2) is 16.1. The molecular weight excluding hydrogens is 614 g/mol. The molecule has 9 nitrogen and oxygen atoms in total. The Morgan fingerprint density at radius 1 is 0.809 bits per heavy atom. The molecule has 4 rings (SSSR count). The molecule has 47 heavy (non-hydrogen) atoms. The van der Waals surface area contributed by atoms with Gasteiger partial charge in [0.15, 0.2) is 0 Å². The summed E-state index contributed by atoms with van der Waals surface area (Å²) < 4.78 is 40.6. The van der Waals surface area contributed by atoms with E-state index in [0.717, 1.165) is 21.0 Å². The number of ether oxygens (including phenoxy) is 2. The van der Waals surface area contributed by atoms with Crippen molar-refractivity contribution in [3.8, 4) is 11.5 Å². The number of nitrogens with one attached hydrogen (secondary N) is 1. The van der Waals surface area contributed by atoms with Crippen LogP contribution in [-0.4, -0.2) is 58.5 Å². The topological polar surface area (TPSA) is 105 Å². The van der Waals surface area contributed by atoms with E-state index in [1.807, 2.05) is 75.4 Å². The van der Waals surface area contributed by atoms with Gasteiger partial charge in [0.2, 0.25) is 11.8 Å². The van der Waals surface area contributed by atoms with Gasteiger partial charge in [0.25, 0.3) is 10.0 Å². The van der Waals surface area contributed by atoms with Crippen LogP contribution in [-0.2, 0) is 32.6 Å². The maximum Gasteiger partial charge on any atom is 0.264 e. The normalized spacial score (nSPS) is 11.9. The summed E-state index contributed by atoms with van der Waals surface area (Å²) >= 11 is 0. The lowest BCUT2D eigenvalue weighted by molar-refractivity contribution is -0.140. The summed E-state index contributed by atoms with van der Waals surface area (Å²) in [7, 11) is -1.39. The molecule has 0 saturated carbocycles.